The Morgan fingerprint density at radius 3 is 1.96 bits per heavy atom. The summed E-state index contributed by atoms with van der Waals surface area (Å²) in [4.78, 5) is 0. The SMILES string of the molecule is CC1=[C-]CC(C)=C1.C[Si](C)=[Zr+2].Cc1[cH-]c2ccccc2c1C.[Cl-].[Cl-]. The van der Waals surface area contributed by atoms with Gasteiger partial charge in [0.25, 0.3) is 0 Å². The van der Waals surface area contributed by atoms with Gasteiger partial charge >= 0.3 is 41.9 Å². The van der Waals surface area contributed by atoms with Crippen LogP contribution in [0.1, 0.15) is 31.4 Å². The Kier molecular flexibility index (Phi) is 14.5. The second-order valence-corrected chi connectivity index (χ2v) is 15.4. The summed E-state index contributed by atoms with van der Waals surface area (Å²) in [5.41, 5.74) is 5.74. The molecule has 0 fully saturated rings. The van der Waals surface area contributed by atoms with Crippen LogP contribution in [0.25, 0.3) is 10.8 Å². The zero-order valence-electron chi connectivity index (χ0n) is 15.4. The Bertz CT molecular complexity index is 707. The third-order valence-corrected chi connectivity index (χ3v) is 3.44. The topological polar surface area (TPSA) is 0 Å². The van der Waals surface area contributed by atoms with Crippen molar-refractivity contribution >= 4 is 16.2 Å². The quantitative estimate of drug-likeness (QED) is 0.388. The number of allylic oxidation sites excluding steroid dienone is 4. The van der Waals surface area contributed by atoms with Crippen LogP contribution < -0.4 is 24.8 Å². The van der Waals surface area contributed by atoms with E-state index in [1.165, 1.54) is 33.0 Å². The molecule has 0 saturated carbocycles. The average Bonchev–Trinajstić information content (AvgIpc) is 2.94. The number of benzene rings is 1. The van der Waals surface area contributed by atoms with Crippen LogP contribution in [-0.2, 0) is 23.3 Å². The first kappa shape index (κ1) is 26.2. The first-order chi connectivity index (χ1) is 10.3. The van der Waals surface area contributed by atoms with Crippen LogP contribution in [0.15, 0.2) is 47.6 Å². The minimum absolute atomic E-state index is 0. The van der Waals surface area contributed by atoms with Gasteiger partial charge in [-0.15, -0.1) is 47.0 Å². The number of halogens is 2. The van der Waals surface area contributed by atoms with E-state index in [2.05, 4.69) is 83.3 Å². The summed E-state index contributed by atoms with van der Waals surface area (Å²) in [6, 6.07) is 10.8. The maximum atomic E-state index is 3.19. The maximum Gasteiger partial charge on any atom is -0.0576 e. The number of hydrogen-bond acceptors (Lipinski definition) is 0. The molecule has 0 amide bonds. The van der Waals surface area contributed by atoms with Gasteiger partial charge in [-0.25, -0.2) is 11.6 Å². The molecule has 130 valence electrons. The van der Waals surface area contributed by atoms with E-state index in [-0.39, 0.29) is 30.2 Å². The molecule has 0 radical (unpaired) electrons. The predicted molar refractivity (Wildman–Crippen MR) is 97.3 cm³/mol. The largest absolute Gasteiger partial charge is 1.00 e. The van der Waals surface area contributed by atoms with E-state index in [1.807, 2.05) is 0 Å². The predicted octanol–water partition coefficient (Wildman–Crippen LogP) is 0.0537. The molecule has 0 unspecified atom stereocenters. The Morgan fingerprint density at radius 1 is 1.04 bits per heavy atom. The van der Waals surface area contributed by atoms with Crippen LogP contribution in [0.4, 0.5) is 0 Å². The number of fused-ring (bicyclic) bond motifs is 1. The smallest absolute Gasteiger partial charge is 0.0576 e. The molecule has 1 aliphatic rings. The summed E-state index contributed by atoms with van der Waals surface area (Å²) in [5.74, 6) is 0. The van der Waals surface area contributed by atoms with Gasteiger partial charge in [0.15, 0.2) is 0 Å². The van der Waals surface area contributed by atoms with Crippen LogP contribution >= 0.6 is 0 Å². The van der Waals surface area contributed by atoms with Gasteiger partial charge in [-0.05, 0) is 0 Å². The van der Waals surface area contributed by atoms with Gasteiger partial charge < -0.3 is 24.8 Å². The molecule has 0 atom stereocenters. The average molecular weight is 457 g/mol. The Balaban J connectivity index is 0. The monoisotopic (exact) mass is 454 g/mol. The molecule has 2 aromatic rings. The molecule has 0 spiro atoms. The van der Waals surface area contributed by atoms with Crippen molar-refractivity contribution in [1.29, 1.82) is 0 Å². The van der Waals surface area contributed by atoms with Crippen LogP contribution in [0.2, 0.25) is 13.1 Å². The summed E-state index contributed by atoms with van der Waals surface area (Å²) in [7, 11) is 0. The van der Waals surface area contributed by atoms with E-state index in [1.54, 1.807) is 23.3 Å². The molecule has 3 rings (SSSR count). The van der Waals surface area contributed by atoms with Crippen molar-refractivity contribution in [3.63, 3.8) is 0 Å². The van der Waals surface area contributed by atoms with Crippen LogP contribution in [0.3, 0.4) is 0 Å². The van der Waals surface area contributed by atoms with Crippen molar-refractivity contribution in [2.45, 2.75) is 47.2 Å². The molecule has 2 aromatic carbocycles. The van der Waals surface area contributed by atoms with Gasteiger partial charge in [0, 0.05) is 0 Å². The fourth-order valence-electron chi connectivity index (χ4n) is 2.27. The van der Waals surface area contributed by atoms with Crippen molar-refractivity contribution in [1.82, 2.24) is 0 Å². The van der Waals surface area contributed by atoms with Crippen molar-refractivity contribution in [2.75, 3.05) is 0 Å². The first-order valence-electron chi connectivity index (χ1n) is 7.69. The number of hydrogen-bond donors (Lipinski definition) is 0. The maximum absolute atomic E-state index is 3.19. The molecular weight excluding hydrogens is 430 g/mol. The molecule has 0 nitrogen and oxygen atoms in total. The van der Waals surface area contributed by atoms with E-state index >= 15 is 0 Å². The van der Waals surface area contributed by atoms with Gasteiger partial charge in [-0.2, -0.15) is 11.1 Å². The molecule has 0 N–H and O–H groups in total. The zero-order valence-corrected chi connectivity index (χ0v) is 20.4. The molecule has 0 saturated heterocycles. The summed E-state index contributed by atoms with van der Waals surface area (Å²) in [5, 5.41) is 2.76. The van der Waals surface area contributed by atoms with Gasteiger partial charge in [-0.3, -0.25) is 6.08 Å². The molecule has 0 heterocycles. The summed E-state index contributed by atoms with van der Waals surface area (Å²) < 4.78 is 0. The second kappa shape index (κ2) is 13.2. The fourth-order valence-corrected chi connectivity index (χ4v) is 2.27. The van der Waals surface area contributed by atoms with Crippen molar-refractivity contribution in [3.8, 4) is 0 Å². The van der Waals surface area contributed by atoms with E-state index in [0.717, 1.165) is 6.42 Å². The van der Waals surface area contributed by atoms with Crippen LogP contribution in [0.5, 0.6) is 0 Å². The fraction of sp³-hybridized carbons (Fsp3) is 0.350. The van der Waals surface area contributed by atoms with E-state index in [0.29, 0.717) is 0 Å². The summed E-state index contributed by atoms with van der Waals surface area (Å²) in [6.07, 6.45) is 6.41. The van der Waals surface area contributed by atoms with Gasteiger partial charge in [0.1, 0.15) is 0 Å². The van der Waals surface area contributed by atoms with Crippen LogP contribution in [-0.4, -0.2) is 5.43 Å². The Hall–Kier alpha value is -0.0100. The van der Waals surface area contributed by atoms with Gasteiger partial charge in [-0.1, -0.05) is 33.8 Å². The van der Waals surface area contributed by atoms with Crippen LogP contribution in [0, 0.1) is 19.9 Å². The minimum atomic E-state index is 0. The molecule has 24 heavy (non-hydrogen) atoms. The molecule has 1 aliphatic carbocycles. The molecule has 0 aliphatic heterocycles. The molecular formula is C20H26Cl2SiZr-2. The number of rotatable bonds is 0. The standard InChI is InChI=1S/C11H11.C7H9.C2H6Si.2ClH.Zr/c1-8-7-10-5-3-4-6-11(10)9(8)2;1-6-3-4-7(2)5-6;1-3-2;;;/h3-7H,1-2H3;5H,3H2,1-2H3;1-2H3;2*1H;/q2*-1;;;;+2/p-2. The van der Waals surface area contributed by atoms with Gasteiger partial charge in [0.2, 0.25) is 0 Å². The van der Waals surface area contributed by atoms with Crippen molar-refractivity contribution < 1.29 is 48.1 Å². The van der Waals surface area contributed by atoms with E-state index in [9.17, 15) is 0 Å². The second-order valence-electron chi connectivity index (χ2n) is 6.07. The number of aryl methyl sites for hydroxylation is 2. The molecule has 4 heteroatoms. The van der Waals surface area contributed by atoms with Gasteiger partial charge in [0.05, 0.1) is 0 Å². The normalized spacial score (nSPS) is 11.7. The third kappa shape index (κ3) is 9.47. The summed E-state index contributed by atoms with van der Waals surface area (Å²) in [6.45, 7) is 13.2. The van der Waals surface area contributed by atoms with E-state index < -0.39 is 0 Å². The Labute approximate surface area is 175 Å². The summed E-state index contributed by atoms with van der Waals surface area (Å²) >= 11 is 1.74. The Morgan fingerprint density at radius 2 is 1.58 bits per heavy atom. The van der Waals surface area contributed by atoms with E-state index in [4.69, 9.17) is 0 Å². The third-order valence-electron chi connectivity index (χ3n) is 3.44. The minimum Gasteiger partial charge on any atom is -1.00 e. The van der Waals surface area contributed by atoms with Crippen molar-refractivity contribution in [3.05, 3.63) is 64.8 Å². The first-order valence-corrected chi connectivity index (χ1v) is 13.9. The molecule has 0 bridgehead atoms. The van der Waals surface area contributed by atoms with Crippen molar-refractivity contribution in [2.24, 2.45) is 0 Å². The molecule has 0 aromatic heterocycles. The zero-order chi connectivity index (χ0) is 16.7.